The molecule has 4 fully saturated rings. The first-order valence-corrected chi connectivity index (χ1v) is 43.1. The van der Waals surface area contributed by atoms with Gasteiger partial charge < -0.3 is 148 Å². The van der Waals surface area contributed by atoms with E-state index in [2.05, 4.69) is 46.9 Å². The second-order valence-corrected chi connectivity index (χ2v) is 33.8. The van der Waals surface area contributed by atoms with Crippen LogP contribution in [0.3, 0.4) is 0 Å². The Bertz CT molecular complexity index is 3180. The Morgan fingerprint density at radius 1 is 0.416 bits per heavy atom. The van der Waals surface area contributed by atoms with Crippen molar-refractivity contribution in [1.82, 2.24) is 75.6 Å². The minimum atomic E-state index is -4.05. The van der Waals surface area contributed by atoms with Crippen molar-refractivity contribution in [2.75, 3.05) is 196 Å². The number of amides is 3. The minimum Gasteiger partial charge on any atom is -0.394 e. The number of rotatable bonds is 54. The normalized spacial score (nSPS) is 27.1. The van der Waals surface area contributed by atoms with Crippen molar-refractivity contribution in [2.24, 2.45) is 0 Å². The smallest absolute Gasteiger partial charge is 0.220 e. The lowest BCUT2D eigenvalue weighted by atomic mass is 9.99. The van der Waals surface area contributed by atoms with Crippen LogP contribution in [0, 0.1) is 0 Å². The van der Waals surface area contributed by atoms with Crippen LogP contribution in [-0.4, -0.2) is 436 Å². The van der Waals surface area contributed by atoms with E-state index in [1.807, 2.05) is 4.90 Å². The number of ether oxygens (including phenoxy) is 12. The molecule has 0 aliphatic carbocycles. The third kappa shape index (κ3) is 34.7. The van der Waals surface area contributed by atoms with Gasteiger partial charge in [0.15, 0.2) is 18.9 Å². The summed E-state index contributed by atoms with van der Waals surface area (Å²) in [5, 5.41) is 150. The zero-order valence-corrected chi connectivity index (χ0v) is 65.6. The quantitative estimate of drug-likeness (QED) is 0.0184. The predicted molar refractivity (Wildman–Crippen MR) is 386 cm³/mol. The average molecular weight is 1690 g/mol. The van der Waals surface area contributed by atoms with Gasteiger partial charge in [0.25, 0.3) is 0 Å². The Morgan fingerprint density at radius 2 is 0.699 bits per heavy atom. The van der Waals surface area contributed by atoms with E-state index in [1.54, 1.807) is 28.4 Å². The Kier molecular flexibility index (Phi) is 43.1. The molecule has 0 bridgehead atoms. The van der Waals surface area contributed by atoms with Crippen LogP contribution < -0.4 is 16.0 Å². The van der Waals surface area contributed by atoms with Gasteiger partial charge in [-0.2, -0.15) is 0 Å². The number of carbonyl (C=O) groups excluding carboxylic acids is 3. The summed E-state index contributed by atoms with van der Waals surface area (Å²) in [5.41, 5.74) is 1.27. The van der Waals surface area contributed by atoms with E-state index in [0.717, 1.165) is 0 Å². The van der Waals surface area contributed by atoms with Gasteiger partial charge in [-0.3, -0.25) is 38.2 Å². The zero-order chi connectivity index (χ0) is 81.7. The van der Waals surface area contributed by atoms with Crippen LogP contribution in [0.15, 0.2) is 18.6 Å². The van der Waals surface area contributed by atoms with Crippen LogP contribution in [0.25, 0.3) is 0 Å². The molecule has 4 aliphatic rings. The summed E-state index contributed by atoms with van der Waals surface area (Å²) in [6.45, 7) is 2.57. The maximum Gasteiger partial charge on any atom is 0.220 e. The van der Waals surface area contributed by atoms with Gasteiger partial charge in [0.05, 0.1) is 197 Å². The number of carbonyl (C=O) groups is 3. The molecular formula is C63H114N15O32P3. The molecule has 0 saturated carbocycles. The first-order valence-electron chi connectivity index (χ1n) is 37.2. The number of aliphatic hydroxyl groups excluding tert-OH is 12. The fourth-order valence-corrected chi connectivity index (χ4v) is 16.4. The second kappa shape index (κ2) is 51.0. The minimum absolute atomic E-state index is 0.0165. The van der Waals surface area contributed by atoms with E-state index < -0.39 is 146 Å². The molecule has 50 heteroatoms. The average Bonchev–Trinajstić information content (AvgIpc) is 1.46. The first-order chi connectivity index (χ1) is 54.2. The molecule has 47 nitrogen and oxygen atoms in total. The highest BCUT2D eigenvalue weighted by Gasteiger charge is 2.46. The zero-order valence-electron chi connectivity index (χ0n) is 62.8. The van der Waals surface area contributed by atoms with Crippen molar-refractivity contribution < 1.29 is 156 Å². The monoisotopic (exact) mass is 1690 g/mol. The highest BCUT2D eigenvalue weighted by atomic mass is 31.2. The molecule has 648 valence electrons. The number of aliphatic hydroxyl groups is 12. The topological polar surface area (TPSA) is 634 Å². The summed E-state index contributed by atoms with van der Waals surface area (Å²) in [4.78, 5) is 67.1. The third-order valence-electron chi connectivity index (χ3n) is 18.2. The highest BCUT2D eigenvalue weighted by molar-refractivity contribution is 7.58. The Morgan fingerprint density at radius 3 is 1.01 bits per heavy atom. The van der Waals surface area contributed by atoms with Crippen molar-refractivity contribution >= 4 is 40.3 Å². The largest absolute Gasteiger partial charge is 0.394 e. The van der Waals surface area contributed by atoms with E-state index in [-0.39, 0.29) is 221 Å². The van der Waals surface area contributed by atoms with Crippen LogP contribution in [0.4, 0.5) is 0 Å². The molecule has 113 heavy (non-hydrogen) atoms. The maximum atomic E-state index is 13.9. The van der Waals surface area contributed by atoms with Crippen LogP contribution in [0.5, 0.6) is 0 Å². The second-order valence-electron chi connectivity index (χ2n) is 27.1. The summed E-state index contributed by atoms with van der Waals surface area (Å²) in [5.74, 6) is -1.43. The number of aromatic nitrogens is 9. The van der Waals surface area contributed by atoms with Crippen molar-refractivity contribution in [3.63, 3.8) is 0 Å². The van der Waals surface area contributed by atoms with Gasteiger partial charge in [0.1, 0.15) is 90.3 Å². The van der Waals surface area contributed by atoms with Gasteiger partial charge in [0.2, 0.25) is 32.5 Å². The molecule has 3 unspecified atom stereocenters. The van der Waals surface area contributed by atoms with Crippen molar-refractivity contribution in [2.45, 2.75) is 151 Å². The Labute approximate surface area is 651 Å². The Balaban J connectivity index is 0.800. The maximum absolute atomic E-state index is 13.9. The summed E-state index contributed by atoms with van der Waals surface area (Å²) >= 11 is 0. The standard InChI is InChI=1S/C63H114N15O32P3/c79-37-46-52(85)55(88)58(91)61(108-46)105-25-22-102-19-16-99-13-10-76-34-43(67-70-76)31-64-49(82)1-28-111(94)40-73-4-6-74(41-112(95,96)29-2-50(83)65-32-44-35-77(71-68-44)11-14-100-17-20-103-23-26-106-62-59(92)56(89)53(86)47(38-80)109-62)8-9-75(7-5-73)42-113(97,98)30-3-51(84)66-33-45-36-78(72-69-45)12-15-101-18-21-104-24-27-107-63-60(93)57(90)54(87)48(39-81)110-63/h34-36,46-48,52-63,79-81,85-93,111H,1-33,37-42H2,(H,64,82)(H,65,83)(H,66,84)(H,95,96)(H,97,98)/t46-,47-,48-,52-,53-,54-,55+,56+,57+,58-,59-,60-,61-,62-,63-/m1/s1. The number of nitrogens with zero attached hydrogens (tertiary/aromatic N) is 12. The number of hydrogen-bond donors (Lipinski definition) is 17. The molecule has 3 aromatic heterocycles. The van der Waals surface area contributed by atoms with Crippen molar-refractivity contribution in [3.8, 4) is 0 Å². The lowest BCUT2D eigenvalue weighted by Gasteiger charge is -2.39. The van der Waals surface area contributed by atoms with Crippen LogP contribution >= 0.6 is 22.5 Å². The molecule has 17 N–H and O–H groups in total. The third-order valence-corrected chi connectivity index (χ3v) is 23.3. The fourth-order valence-electron chi connectivity index (χ4n) is 11.7. The van der Waals surface area contributed by atoms with E-state index in [1.165, 1.54) is 14.0 Å². The Hall–Kier alpha value is -4.64. The van der Waals surface area contributed by atoms with Gasteiger partial charge in [0, 0.05) is 83.3 Å². The van der Waals surface area contributed by atoms with E-state index in [0.29, 0.717) is 36.7 Å². The van der Waals surface area contributed by atoms with Crippen molar-refractivity contribution in [1.29, 1.82) is 0 Å². The molecule has 7 heterocycles. The van der Waals surface area contributed by atoms with E-state index >= 15 is 0 Å². The SMILES string of the molecule is O=C(CC[PH](=O)CN1CCN(CP(=O)(O)CCC(=O)NCc2cn(CCOCCOCCO[C@@H]3O[C@H](CO)[C@@H](O)[C@H](O)[C@H]3O)nn2)CCN(CP(=O)(O)CCC(=O)NCc2cn(CCOCCOCCO[C@@H]3O[C@H](CO)[C@@H](O)[C@H](O)[C@H]3O)nn2)CC1)NCc1cn(CCOCCOCCO[C@@H]2O[C@H](CO)[C@@H](O)[C@H](O)[C@H]2O)nn1. The van der Waals surface area contributed by atoms with Gasteiger partial charge in [-0.25, -0.2) is 14.0 Å². The summed E-state index contributed by atoms with van der Waals surface area (Å²) < 4.78 is 111. The van der Waals surface area contributed by atoms with Crippen LogP contribution in [0.2, 0.25) is 0 Å². The predicted octanol–water partition coefficient (Wildman–Crippen LogP) is -9.68. The fraction of sp³-hybridized carbons (Fsp3) is 0.857. The van der Waals surface area contributed by atoms with Gasteiger partial charge in [-0.05, 0) is 0 Å². The molecule has 7 rings (SSSR count). The van der Waals surface area contributed by atoms with Crippen molar-refractivity contribution in [3.05, 3.63) is 35.7 Å². The molecule has 4 aliphatic heterocycles. The van der Waals surface area contributed by atoms with Crippen LogP contribution in [-0.2, 0) is 124 Å². The molecule has 3 aromatic rings. The van der Waals surface area contributed by atoms with Gasteiger partial charge in [-0.1, -0.05) is 15.6 Å². The number of nitrogens with one attached hydrogen (secondary N) is 3. The van der Waals surface area contributed by atoms with Crippen LogP contribution in [0.1, 0.15) is 36.3 Å². The molecule has 18 atom stereocenters. The lowest BCUT2D eigenvalue weighted by Crippen LogP contribution is -2.59. The lowest BCUT2D eigenvalue weighted by molar-refractivity contribution is -0.302. The molecule has 4 saturated heterocycles. The van der Waals surface area contributed by atoms with Gasteiger partial charge >= 0.3 is 0 Å². The molecule has 0 radical (unpaired) electrons. The first kappa shape index (κ1) is 95.5. The summed E-state index contributed by atoms with van der Waals surface area (Å²) in [7, 11) is -10.6. The van der Waals surface area contributed by atoms with E-state index in [9.17, 15) is 99.1 Å². The number of hydrogen-bond acceptors (Lipinski definition) is 39. The molecular weight excluding hydrogens is 1570 g/mol. The highest BCUT2D eigenvalue weighted by Crippen LogP contribution is 2.43. The molecule has 3 amide bonds. The summed E-state index contributed by atoms with van der Waals surface area (Å²) in [6, 6.07) is 0. The molecule has 0 spiro atoms. The van der Waals surface area contributed by atoms with Gasteiger partial charge in [-0.15, -0.1) is 15.3 Å². The molecule has 0 aromatic carbocycles. The van der Waals surface area contributed by atoms with E-state index in [4.69, 9.17) is 56.8 Å². The summed E-state index contributed by atoms with van der Waals surface area (Å²) in [6.07, 6.45) is -18.1.